The minimum Gasteiger partial charge on any atom is -0.447 e. The maximum absolute atomic E-state index is 12.3. The topological polar surface area (TPSA) is 95.7 Å². The van der Waals surface area contributed by atoms with E-state index in [0.717, 1.165) is 5.69 Å². The van der Waals surface area contributed by atoms with E-state index in [1.165, 1.54) is 11.0 Å². The summed E-state index contributed by atoms with van der Waals surface area (Å²) in [6, 6.07) is 6.56. The maximum atomic E-state index is 12.3. The van der Waals surface area contributed by atoms with Crippen molar-refractivity contribution in [1.29, 1.82) is 0 Å². The minimum atomic E-state index is -0.303. The molecule has 0 aliphatic carbocycles. The van der Waals surface area contributed by atoms with Crippen LogP contribution in [-0.2, 0) is 16.8 Å². The fourth-order valence-electron chi connectivity index (χ4n) is 2.33. The van der Waals surface area contributed by atoms with Crippen LogP contribution in [0.4, 0.5) is 5.69 Å². The molecule has 7 nitrogen and oxygen atoms in total. The van der Waals surface area contributed by atoms with Gasteiger partial charge in [0.25, 0.3) is 11.8 Å². The summed E-state index contributed by atoms with van der Waals surface area (Å²) in [6.45, 7) is 9.84. The summed E-state index contributed by atoms with van der Waals surface area (Å²) in [7, 11) is 0. The molecule has 0 aliphatic rings. The Morgan fingerprint density at radius 1 is 1.30 bits per heavy atom. The molecule has 0 spiro atoms. The van der Waals surface area contributed by atoms with E-state index < -0.39 is 0 Å². The Kier molecular flexibility index (Phi) is 6.52. The minimum absolute atomic E-state index is 0.127. The third-order valence-corrected chi connectivity index (χ3v) is 3.89. The van der Waals surface area contributed by atoms with Crippen LogP contribution in [0.2, 0.25) is 0 Å². The average Bonchev–Trinajstić information content (AvgIpc) is 3.13. The Balaban J connectivity index is 2.21. The first-order chi connectivity index (χ1) is 12.8. The molecule has 0 aliphatic heterocycles. The standard InChI is InChI=1S/C20H25N3O4/c1-5-18(25)23(12-17-22-16(13-27-17)20(2,3)4)15-8-6-14(7-9-15)19(26)21-10-11-24/h5-9,13,24H,1,10-12H2,2-4H3,(H,21,26). The maximum Gasteiger partial charge on any atom is 0.251 e. The Morgan fingerprint density at radius 2 is 1.96 bits per heavy atom. The van der Waals surface area contributed by atoms with Gasteiger partial charge < -0.3 is 14.8 Å². The van der Waals surface area contributed by atoms with Crippen LogP contribution in [0.3, 0.4) is 0 Å². The molecule has 0 saturated heterocycles. The molecule has 2 aromatic rings. The number of amides is 2. The third-order valence-electron chi connectivity index (χ3n) is 3.89. The highest BCUT2D eigenvalue weighted by Gasteiger charge is 2.21. The summed E-state index contributed by atoms with van der Waals surface area (Å²) in [4.78, 5) is 30.2. The quantitative estimate of drug-likeness (QED) is 0.729. The first kappa shape index (κ1) is 20.4. The molecule has 0 unspecified atom stereocenters. The smallest absolute Gasteiger partial charge is 0.251 e. The van der Waals surface area contributed by atoms with Crippen molar-refractivity contribution in [3.05, 3.63) is 60.3 Å². The van der Waals surface area contributed by atoms with Crippen LogP contribution < -0.4 is 10.2 Å². The lowest BCUT2D eigenvalue weighted by atomic mass is 9.93. The van der Waals surface area contributed by atoms with Crippen LogP contribution in [0.5, 0.6) is 0 Å². The molecule has 2 rings (SSSR count). The van der Waals surface area contributed by atoms with Crippen LogP contribution in [0.15, 0.2) is 47.6 Å². The van der Waals surface area contributed by atoms with E-state index >= 15 is 0 Å². The average molecular weight is 371 g/mol. The second kappa shape index (κ2) is 8.64. The zero-order valence-corrected chi connectivity index (χ0v) is 15.9. The molecular formula is C20H25N3O4. The monoisotopic (exact) mass is 371 g/mol. The molecule has 0 radical (unpaired) electrons. The van der Waals surface area contributed by atoms with Gasteiger partial charge in [-0.05, 0) is 30.3 Å². The van der Waals surface area contributed by atoms with Crippen molar-refractivity contribution in [2.45, 2.75) is 32.7 Å². The number of aliphatic hydroxyl groups excluding tert-OH is 1. The lowest BCUT2D eigenvalue weighted by Gasteiger charge is -2.20. The molecule has 1 aromatic heterocycles. The number of hydrogen-bond acceptors (Lipinski definition) is 5. The van der Waals surface area contributed by atoms with E-state index in [4.69, 9.17) is 9.52 Å². The number of benzene rings is 1. The second-order valence-corrected chi connectivity index (χ2v) is 7.03. The highest BCUT2D eigenvalue weighted by molar-refractivity contribution is 6.01. The Morgan fingerprint density at radius 3 is 2.48 bits per heavy atom. The number of anilines is 1. The van der Waals surface area contributed by atoms with Gasteiger partial charge in [0, 0.05) is 23.2 Å². The van der Waals surface area contributed by atoms with E-state index in [0.29, 0.717) is 17.1 Å². The molecule has 0 fully saturated rings. The van der Waals surface area contributed by atoms with Crippen LogP contribution in [0.1, 0.15) is 42.7 Å². The number of nitrogens with zero attached hydrogens (tertiary/aromatic N) is 2. The molecule has 1 aromatic carbocycles. The molecule has 2 N–H and O–H groups in total. The molecular weight excluding hydrogens is 346 g/mol. The zero-order valence-electron chi connectivity index (χ0n) is 15.9. The molecule has 27 heavy (non-hydrogen) atoms. The molecule has 144 valence electrons. The van der Waals surface area contributed by atoms with Gasteiger partial charge in [0.15, 0.2) is 0 Å². The van der Waals surface area contributed by atoms with E-state index in [-0.39, 0.29) is 36.9 Å². The number of carbonyl (C=O) groups excluding carboxylic acids is 2. The number of hydrogen-bond donors (Lipinski definition) is 2. The molecule has 2 amide bonds. The van der Waals surface area contributed by atoms with Gasteiger partial charge in [-0.15, -0.1) is 0 Å². The summed E-state index contributed by atoms with van der Waals surface area (Å²) in [5.74, 6) is -0.178. The van der Waals surface area contributed by atoms with Gasteiger partial charge in [-0.25, -0.2) is 4.98 Å². The number of aromatic nitrogens is 1. The van der Waals surface area contributed by atoms with E-state index in [9.17, 15) is 9.59 Å². The zero-order chi connectivity index (χ0) is 20.0. The van der Waals surface area contributed by atoms with Crippen LogP contribution >= 0.6 is 0 Å². The van der Waals surface area contributed by atoms with Crippen LogP contribution in [-0.4, -0.2) is 35.1 Å². The summed E-state index contributed by atoms with van der Waals surface area (Å²) in [6.07, 6.45) is 2.82. The van der Waals surface area contributed by atoms with Gasteiger partial charge in [0.1, 0.15) is 12.8 Å². The number of carbonyl (C=O) groups is 2. The van der Waals surface area contributed by atoms with Gasteiger partial charge in [-0.3, -0.25) is 14.5 Å². The normalized spacial score (nSPS) is 11.1. The van der Waals surface area contributed by atoms with E-state index in [1.807, 2.05) is 20.8 Å². The van der Waals surface area contributed by atoms with Crippen molar-refractivity contribution < 1.29 is 19.1 Å². The first-order valence-corrected chi connectivity index (χ1v) is 8.64. The lowest BCUT2D eigenvalue weighted by molar-refractivity contribution is -0.114. The second-order valence-electron chi connectivity index (χ2n) is 7.03. The molecule has 0 atom stereocenters. The summed E-state index contributed by atoms with van der Waals surface area (Å²) in [5.41, 5.74) is 1.68. The third kappa shape index (κ3) is 5.27. The Hall–Kier alpha value is -2.93. The number of rotatable bonds is 7. The Labute approximate surface area is 158 Å². The van der Waals surface area contributed by atoms with E-state index in [1.54, 1.807) is 30.5 Å². The number of aliphatic hydroxyl groups is 1. The summed E-state index contributed by atoms with van der Waals surface area (Å²) in [5, 5.41) is 11.4. The van der Waals surface area contributed by atoms with Crippen molar-refractivity contribution in [3.8, 4) is 0 Å². The molecule has 0 saturated carbocycles. The van der Waals surface area contributed by atoms with E-state index in [2.05, 4.69) is 16.9 Å². The lowest BCUT2D eigenvalue weighted by Crippen LogP contribution is -2.29. The van der Waals surface area contributed by atoms with Gasteiger partial charge in [-0.1, -0.05) is 27.4 Å². The fourth-order valence-corrected chi connectivity index (χ4v) is 2.33. The van der Waals surface area contributed by atoms with Gasteiger partial charge in [0.05, 0.1) is 12.3 Å². The predicted molar refractivity (Wildman–Crippen MR) is 102 cm³/mol. The van der Waals surface area contributed by atoms with Crippen LogP contribution in [0, 0.1) is 0 Å². The van der Waals surface area contributed by atoms with Crippen LogP contribution in [0.25, 0.3) is 0 Å². The molecule has 0 bridgehead atoms. The SMILES string of the molecule is C=CC(=O)N(Cc1nc(C(C)(C)C)co1)c1ccc(C(=O)NCCO)cc1. The predicted octanol–water partition coefficient (Wildman–Crippen LogP) is 2.41. The highest BCUT2D eigenvalue weighted by Crippen LogP contribution is 2.23. The Bertz CT molecular complexity index is 803. The van der Waals surface area contributed by atoms with Crippen molar-refractivity contribution >= 4 is 17.5 Å². The first-order valence-electron chi connectivity index (χ1n) is 8.64. The van der Waals surface area contributed by atoms with Crippen molar-refractivity contribution in [3.63, 3.8) is 0 Å². The molecule has 7 heteroatoms. The van der Waals surface area contributed by atoms with Crippen molar-refractivity contribution in [1.82, 2.24) is 10.3 Å². The number of nitrogens with one attached hydrogen (secondary N) is 1. The number of oxazole rings is 1. The van der Waals surface area contributed by atoms with Gasteiger partial charge >= 0.3 is 0 Å². The molecule has 1 heterocycles. The van der Waals surface area contributed by atoms with Gasteiger partial charge in [-0.2, -0.15) is 0 Å². The highest BCUT2D eigenvalue weighted by atomic mass is 16.3. The summed E-state index contributed by atoms with van der Waals surface area (Å²) >= 11 is 0. The fraction of sp³-hybridized carbons (Fsp3) is 0.350. The largest absolute Gasteiger partial charge is 0.447 e. The van der Waals surface area contributed by atoms with Crippen molar-refractivity contribution in [2.24, 2.45) is 0 Å². The summed E-state index contributed by atoms with van der Waals surface area (Å²) < 4.78 is 5.52. The van der Waals surface area contributed by atoms with Crippen molar-refractivity contribution in [2.75, 3.05) is 18.1 Å². The van der Waals surface area contributed by atoms with Gasteiger partial charge in [0.2, 0.25) is 5.89 Å².